The maximum Gasteiger partial charge on any atom is 0.135 e. The van der Waals surface area contributed by atoms with Gasteiger partial charge in [-0.25, -0.2) is 0 Å². The summed E-state index contributed by atoms with van der Waals surface area (Å²) in [7, 11) is 0. The van der Waals surface area contributed by atoms with Gasteiger partial charge < -0.3 is 0 Å². The van der Waals surface area contributed by atoms with Crippen molar-refractivity contribution in [2.75, 3.05) is 0 Å². The monoisotopic (exact) mass is 154 g/mol. The van der Waals surface area contributed by atoms with Crippen LogP contribution in [-0.2, 0) is 4.79 Å². The summed E-state index contributed by atoms with van der Waals surface area (Å²) in [6.45, 7) is 4.44. The lowest BCUT2D eigenvalue weighted by atomic mass is 9.96. The number of rotatable bonds is 3. The Morgan fingerprint density at radius 1 is 1.55 bits per heavy atom. The summed E-state index contributed by atoms with van der Waals surface area (Å²) in [6, 6.07) is 0. The number of ketones is 1. The fourth-order valence-corrected chi connectivity index (χ4v) is 1.73. The topological polar surface area (TPSA) is 17.1 Å². The third-order valence-corrected chi connectivity index (χ3v) is 2.52. The van der Waals surface area contributed by atoms with Gasteiger partial charge in [0, 0.05) is 12.3 Å². The molecular weight excluding hydrogens is 136 g/mol. The quantitative estimate of drug-likeness (QED) is 0.611. The summed E-state index contributed by atoms with van der Waals surface area (Å²) in [6.07, 6.45) is 5.50. The fraction of sp³-hybridized carbons (Fsp3) is 0.900. The molecule has 0 saturated heterocycles. The molecule has 0 spiro atoms. The first-order chi connectivity index (χ1) is 5.20. The van der Waals surface area contributed by atoms with Crippen molar-refractivity contribution >= 4 is 5.78 Å². The minimum atomic E-state index is 0.428. The molecule has 0 heterocycles. The van der Waals surface area contributed by atoms with Crippen LogP contribution in [0.1, 0.15) is 46.0 Å². The number of carbonyl (C=O) groups excluding carboxylic acids is 1. The fourth-order valence-electron chi connectivity index (χ4n) is 1.73. The van der Waals surface area contributed by atoms with E-state index in [4.69, 9.17) is 0 Å². The van der Waals surface area contributed by atoms with Crippen molar-refractivity contribution in [3.05, 3.63) is 0 Å². The molecule has 1 heteroatoms. The van der Waals surface area contributed by atoms with Crippen LogP contribution in [0.2, 0.25) is 0 Å². The highest BCUT2D eigenvalue weighted by atomic mass is 16.1. The van der Waals surface area contributed by atoms with Gasteiger partial charge in [0.15, 0.2) is 0 Å². The van der Waals surface area contributed by atoms with Gasteiger partial charge in [0.25, 0.3) is 0 Å². The molecule has 0 N–H and O–H groups in total. The normalized spacial score (nSPS) is 25.0. The zero-order valence-corrected chi connectivity index (χ0v) is 7.60. The summed E-state index contributed by atoms with van der Waals surface area (Å²) in [4.78, 5) is 11.2. The predicted octanol–water partition coefficient (Wildman–Crippen LogP) is 2.79. The van der Waals surface area contributed by atoms with Gasteiger partial charge in [-0.15, -0.1) is 0 Å². The van der Waals surface area contributed by atoms with E-state index in [1.54, 1.807) is 0 Å². The molecule has 0 amide bonds. The van der Waals surface area contributed by atoms with Crippen molar-refractivity contribution in [2.24, 2.45) is 11.8 Å². The molecule has 1 rings (SSSR count). The van der Waals surface area contributed by atoms with Crippen LogP contribution in [0.4, 0.5) is 0 Å². The van der Waals surface area contributed by atoms with Gasteiger partial charge in [0.1, 0.15) is 5.78 Å². The van der Waals surface area contributed by atoms with Crippen molar-refractivity contribution in [3.8, 4) is 0 Å². The first kappa shape index (κ1) is 8.76. The second kappa shape index (κ2) is 3.89. The van der Waals surface area contributed by atoms with Gasteiger partial charge in [-0.2, -0.15) is 0 Å². The molecule has 11 heavy (non-hydrogen) atoms. The highest BCUT2D eigenvalue weighted by molar-refractivity contribution is 5.82. The molecule has 64 valence electrons. The van der Waals surface area contributed by atoms with Crippen LogP contribution in [0.3, 0.4) is 0 Å². The van der Waals surface area contributed by atoms with Crippen LogP contribution in [0.15, 0.2) is 0 Å². The summed E-state index contributed by atoms with van der Waals surface area (Å²) in [5.74, 6) is 1.70. The van der Waals surface area contributed by atoms with Crippen molar-refractivity contribution in [3.63, 3.8) is 0 Å². The molecule has 1 unspecified atom stereocenters. The van der Waals surface area contributed by atoms with Crippen molar-refractivity contribution in [1.82, 2.24) is 0 Å². The van der Waals surface area contributed by atoms with Gasteiger partial charge in [0.05, 0.1) is 0 Å². The molecule has 1 nitrogen and oxygen atoms in total. The second-order valence-corrected chi connectivity index (χ2v) is 4.03. The number of hydrogen-bond acceptors (Lipinski definition) is 1. The van der Waals surface area contributed by atoms with E-state index in [-0.39, 0.29) is 0 Å². The lowest BCUT2D eigenvalue weighted by Gasteiger charge is -2.08. The molecular formula is C10H18O. The van der Waals surface area contributed by atoms with Crippen LogP contribution >= 0.6 is 0 Å². The zero-order valence-electron chi connectivity index (χ0n) is 7.60. The Bertz CT molecular complexity index is 138. The smallest absolute Gasteiger partial charge is 0.135 e. The maximum absolute atomic E-state index is 11.2. The highest BCUT2D eigenvalue weighted by Gasteiger charge is 2.23. The number of carbonyl (C=O) groups is 1. The number of hydrogen-bond donors (Lipinski definition) is 0. The van der Waals surface area contributed by atoms with E-state index in [1.807, 2.05) is 0 Å². The zero-order chi connectivity index (χ0) is 8.27. The Morgan fingerprint density at radius 3 is 2.73 bits per heavy atom. The van der Waals surface area contributed by atoms with Crippen LogP contribution < -0.4 is 0 Å². The molecule has 0 aromatic carbocycles. The van der Waals surface area contributed by atoms with Gasteiger partial charge in [-0.1, -0.05) is 20.3 Å². The molecule has 0 radical (unpaired) electrons. The van der Waals surface area contributed by atoms with Crippen molar-refractivity contribution < 1.29 is 4.79 Å². The molecule has 0 aliphatic heterocycles. The van der Waals surface area contributed by atoms with Crippen molar-refractivity contribution in [2.45, 2.75) is 46.0 Å². The van der Waals surface area contributed by atoms with E-state index in [0.29, 0.717) is 11.7 Å². The first-order valence-electron chi connectivity index (χ1n) is 4.73. The molecule has 1 atom stereocenters. The van der Waals surface area contributed by atoms with Crippen molar-refractivity contribution in [1.29, 1.82) is 0 Å². The maximum atomic E-state index is 11.2. The van der Waals surface area contributed by atoms with Gasteiger partial charge in [-0.05, 0) is 25.2 Å². The Labute approximate surface area is 69.2 Å². The molecule has 1 aliphatic carbocycles. The second-order valence-electron chi connectivity index (χ2n) is 4.03. The molecule has 1 aliphatic rings. The van der Waals surface area contributed by atoms with E-state index < -0.39 is 0 Å². The first-order valence-corrected chi connectivity index (χ1v) is 4.73. The average molecular weight is 154 g/mol. The van der Waals surface area contributed by atoms with Crippen LogP contribution in [-0.4, -0.2) is 5.78 Å². The highest BCUT2D eigenvalue weighted by Crippen LogP contribution is 2.26. The molecule has 0 aromatic heterocycles. The summed E-state index contributed by atoms with van der Waals surface area (Å²) in [5, 5.41) is 0. The Balaban J connectivity index is 2.20. The average Bonchev–Trinajstić information content (AvgIpc) is 2.31. The van der Waals surface area contributed by atoms with E-state index in [1.165, 1.54) is 6.42 Å². The predicted molar refractivity (Wildman–Crippen MR) is 46.4 cm³/mol. The summed E-state index contributed by atoms with van der Waals surface area (Å²) in [5.41, 5.74) is 0. The molecule has 1 fully saturated rings. The SMILES string of the molecule is CC(C)CCC1CCCC1=O. The van der Waals surface area contributed by atoms with E-state index >= 15 is 0 Å². The third kappa shape index (κ3) is 2.64. The molecule has 1 saturated carbocycles. The third-order valence-electron chi connectivity index (χ3n) is 2.52. The largest absolute Gasteiger partial charge is 0.299 e. The Kier molecular flexibility index (Phi) is 3.10. The van der Waals surface area contributed by atoms with Crippen LogP contribution in [0.5, 0.6) is 0 Å². The lowest BCUT2D eigenvalue weighted by Crippen LogP contribution is -2.06. The van der Waals surface area contributed by atoms with E-state index in [0.717, 1.165) is 31.6 Å². The number of Topliss-reactive ketones (excluding diaryl/α,β-unsaturated/α-hetero) is 1. The molecule has 0 aromatic rings. The summed E-state index contributed by atoms with van der Waals surface area (Å²) >= 11 is 0. The minimum absolute atomic E-state index is 0.428. The van der Waals surface area contributed by atoms with E-state index in [2.05, 4.69) is 13.8 Å². The Morgan fingerprint density at radius 2 is 2.27 bits per heavy atom. The van der Waals surface area contributed by atoms with Gasteiger partial charge in [-0.3, -0.25) is 4.79 Å². The van der Waals surface area contributed by atoms with E-state index in [9.17, 15) is 4.79 Å². The lowest BCUT2D eigenvalue weighted by molar-refractivity contribution is -0.120. The van der Waals surface area contributed by atoms with Crippen LogP contribution in [0, 0.1) is 11.8 Å². The standard InChI is InChI=1S/C10H18O/c1-8(2)6-7-9-4-3-5-10(9)11/h8-9H,3-7H2,1-2H3. The summed E-state index contributed by atoms with van der Waals surface area (Å²) < 4.78 is 0. The molecule has 0 bridgehead atoms. The van der Waals surface area contributed by atoms with Gasteiger partial charge >= 0.3 is 0 Å². The van der Waals surface area contributed by atoms with Crippen LogP contribution in [0.25, 0.3) is 0 Å². The Hall–Kier alpha value is -0.330. The minimum Gasteiger partial charge on any atom is -0.299 e. The van der Waals surface area contributed by atoms with Gasteiger partial charge in [0.2, 0.25) is 0 Å².